The van der Waals surface area contributed by atoms with Gasteiger partial charge in [0.05, 0.1) is 0 Å². The Labute approximate surface area is 96.2 Å². The maximum atomic E-state index is 8.88. The van der Waals surface area contributed by atoms with Crippen LogP contribution in [0.1, 0.15) is 5.56 Å². The predicted molar refractivity (Wildman–Crippen MR) is 60.3 cm³/mol. The number of aliphatic hydroxyl groups is 1. The van der Waals surface area contributed by atoms with Gasteiger partial charge in [-0.1, -0.05) is 0 Å². The van der Waals surface area contributed by atoms with E-state index in [1.54, 1.807) is 18.5 Å². The molecule has 2 aromatic rings. The summed E-state index contributed by atoms with van der Waals surface area (Å²) in [5.41, 5.74) is 0.831. The molecule has 0 aliphatic rings. The quantitative estimate of drug-likeness (QED) is 0.788. The van der Waals surface area contributed by atoms with Gasteiger partial charge in [-0.05, 0) is 6.07 Å². The molecule has 4 heteroatoms. The van der Waals surface area contributed by atoms with Crippen LogP contribution in [0.3, 0.4) is 0 Å². The molecule has 0 saturated heterocycles. The summed E-state index contributed by atoms with van der Waals surface area (Å²) in [4.78, 5) is 7.35. The SMILES string of the molecule is OC(=[Se])c1ccccc1.c1cncnc1. The fourth-order valence-corrected chi connectivity index (χ4v) is 1.12. The van der Waals surface area contributed by atoms with Gasteiger partial charge in [0.1, 0.15) is 6.33 Å². The maximum absolute atomic E-state index is 8.88. The molecule has 1 aromatic carbocycles. The van der Waals surface area contributed by atoms with Crippen LogP contribution in [0.25, 0.3) is 0 Å². The summed E-state index contributed by atoms with van der Waals surface area (Å²) in [6, 6.07) is 11.1. The van der Waals surface area contributed by atoms with Crippen LogP contribution in [0.4, 0.5) is 0 Å². The second-order valence-electron chi connectivity index (χ2n) is 2.58. The molecule has 0 spiro atoms. The molecule has 0 bridgehead atoms. The zero-order valence-electron chi connectivity index (χ0n) is 7.95. The molecule has 15 heavy (non-hydrogen) atoms. The Morgan fingerprint density at radius 3 is 1.87 bits per heavy atom. The van der Waals surface area contributed by atoms with Crippen LogP contribution in [0.5, 0.6) is 0 Å². The normalized spacial score (nSPS) is 8.53. The predicted octanol–water partition coefficient (Wildman–Crippen LogP) is 1.18. The van der Waals surface area contributed by atoms with Crippen LogP contribution in [0, 0.1) is 0 Å². The van der Waals surface area contributed by atoms with Crippen LogP contribution < -0.4 is 0 Å². The summed E-state index contributed by atoms with van der Waals surface area (Å²) < 4.78 is 0.246. The zero-order chi connectivity index (χ0) is 10.9. The van der Waals surface area contributed by atoms with Gasteiger partial charge >= 0.3 is 61.2 Å². The second kappa shape index (κ2) is 6.87. The van der Waals surface area contributed by atoms with Gasteiger partial charge in [0.15, 0.2) is 0 Å². The molecule has 1 N–H and O–H groups in total. The molecule has 0 amide bonds. The topological polar surface area (TPSA) is 46.0 Å². The Bertz CT molecular complexity index is 365. The molecule has 0 unspecified atom stereocenters. The second-order valence-corrected chi connectivity index (χ2v) is 3.39. The van der Waals surface area contributed by atoms with Gasteiger partial charge in [0, 0.05) is 12.4 Å². The van der Waals surface area contributed by atoms with E-state index in [4.69, 9.17) is 5.11 Å². The maximum Gasteiger partial charge on any atom is 0.115 e. The van der Waals surface area contributed by atoms with Crippen LogP contribution in [0.2, 0.25) is 0 Å². The van der Waals surface area contributed by atoms with Crippen molar-refractivity contribution in [3.63, 3.8) is 0 Å². The van der Waals surface area contributed by atoms with Gasteiger partial charge in [0.25, 0.3) is 0 Å². The fourth-order valence-electron chi connectivity index (χ4n) is 0.834. The standard InChI is InChI=1S/C7H6OSe.C4H4N2/c8-7(9)6-4-2-1-3-5-6;1-2-5-4-6-3-1/h1-5H,(H,8,9);1-4H. The molecule has 1 heterocycles. The van der Waals surface area contributed by atoms with Gasteiger partial charge in [-0.2, -0.15) is 0 Å². The van der Waals surface area contributed by atoms with Gasteiger partial charge in [-0.3, -0.25) is 0 Å². The van der Waals surface area contributed by atoms with Crippen LogP contribution in [-0.4, -0.2) is 35.3 Å². The van der Waals surface area contributed by atoms with E-state index < -0.39 is 0 Å². The van der Waals surface area contributed by atoms with Crippen molar-refractivity contribution in [1.82, 2.24) is 9.97 Å². The molecular weight excluding hydrogens is 255 g/mol. The van der Waals surface area contributed by atoms with Crippen molar-refractivity contribution in [3.05, 3.63) is 60.7 Å². The van der Waals surface area contributed by atoms with Gasteiger partial charge < -0.3 is 0 Å². The number of hydrogen-bond donors (Lipinski definition) is 1. The van der Waals surface area contributed by atoms with Gasteiger partial charge in [-0.15, -0.1) is 0 Å². The summed E-state index contributed by atoms with van der Waals surface area (Å²) >= 11 is 2.53. The molecule has 0 aliphatic carbocycles. The molecule has 0 saturated carbocycles. The number of benzene rings is 1. The molecule has 76 valence electrons. The van der Waals surface area contributed by atoms with Crippen molar-refractivity contribution in [3.8, 4) is 0 Å². The van der Waals surface area contributed by atoms with Crippen LogP contribution >= 0.6 is 0 Å². The average molecular weight is 265 g/mol. The van der Waals surface area contributed by atoms with E-state index in [0.29, 0.717) is 0 Å². The number of aliphatic hydroxyl groups excluding tert-OH is 1. The number of rotatable bonds is 1. The minimum Gasteiger partial charge on any atom is -0.245 e. The van der Waals surface area contributed by atoms with E-state index in [1.165, 1.54) is 6.33 Å². The average Bonchev–Trinajstić information content (AvgIpc) is 2.33. The van der Waals surface area contributed by atoms with Crippen LogP contribution in [-0.2, 0) is 0 Å². The third kappa shape index (κ3) is 5.05. The van der Waals surface area contributed by atoms with Crippen molar-refractivity contribution >= 4 is 20.2 Å². The minimum absolute atomic E-state index is 0.246. The van der Waals surface area contributed by atoms with E-state index in [2.05, 4.69) is 25.5 Å². The van der Waals surface area contributed by atoms with Gasteiger partial charge in [0.2, 0.25) is 0 Å². The molecule has 2 rings (SSSR count). The Kier molecular flexibility index (Phi) is 5.30. The largest absolute Gasteiger partial charge is 0.245 e. The number of aromatic nitrogens is 2. The summed E-state index contributed by atoms with van der Waals surface area (Å²) in [7, 11) is 0. The Hall–Kier alpha value is -1.51. The van der Waals surface area contributed by atoms with Crippen molar-refractivity contribution in [1.29, 1.82) is 0 Å². The molecule has 0 radical (unpaired) electrons. The number of nitrogens with zero attached hydrogens (tertiary/aromatic N) is 2. The summed E-state index contributed by atoms with van der Waals surface area (Å²) in [6.07, 6.45) is 4.88. The van der Waals surface area contributed by atoms with Crippen molar-refractivity contribution in [2.24, 2.45) is 0 Å². The van der Waals surface area contributed by atoms with E-state index in [1.807, 2.05) is 30.3 Å². The molecule has 3 nitrogen and oxygen atoms in total. The zero-order valence-corrected chi connectivity index (χ0v) is 9.66. The van der Waals surface area contributed by atoms with E-state index in [9.17, 15) is 0 Å². The third-order valence-electron chi connectivity index (χ3n) is 1.50. The Balaban J connectivity index is 0.000000162. The van der Waals surface area contributed by atoms with E-state index in [-0.39, 0.29) is 4.60 Å². The van der Waals surface area contributed by atoms with Crippen molar-refractivity contribution in [2.45, 2.75) is 0 Å². The molecule has 1 aromatic heterocycles. The van der Waals surface area contributed by atoms with Crippen molar-refractivity contribution < 1.29 is 5.11 Å². The monoisotopic (exact) mass is 266 g/mol. The first-order chi connectivity index (χ1) is 7.30. The molecule has 0 atom stereocenters. The molecule has 0 fully saturated rings. The first-order valence-corrected chi connectivity index (χ1v) is 5.14. The van der Waals surface area contributed by atoms with Crippen molar-refractivity contribution in [2.75, 3.05) is 0 Å². The summed E-state index contributed by atoms with van der Waals surface area (Å²) in [5, 5.41) is 8.88. The first kappa shape index (κ1) is 11.6. The molecule has 0 aliphatic heterocycles. The summed E-state index contributed by atoms with van der Waals surface area (Å²) in [6.45, 7) is 0. The van der Waals surface area contributed by atoms with E-state index >= 15 is 0 Å². The number of hydrogen-bond acceptors (Lipinski definition) is 3. The fraction of sp³-hybridized carbons (Fsp3) is 0. The Morgan fingerprint density at radius 1 is 1.00 bits per heavy atom. The van der Waals surface area contributed by atoms with E-state index in [0.717, 1.165) is 5.56 Å². The van der Waals surface area contributed by atoms with Crippen LogP contribution in [0.15, 0.2) is 55.1 Å². The molecular formula is C11H10N2OSe. The van der Waals surface area contributed by atoms with Gasteiger partial charge in [-0.25, -0.2) is 9.97 Å². The summed E-state index contributed by atoms with van der Waals surface area (Å²) in [5.74, 6) is 0. The minimum atomic E-state index is 0.246. The first-order valence-electron chi connectivity index (χ1n) is 4.29. The Morgan fingerprint density at radius 2 is 1.60 bits per heavy atom. The third-order valence-corrected chi connectivity index (χ3v) is 1.99. The smallest absolute Gasteiger partial charge is 0.115 e.